The van der Waals surface area contributed by atoms with Gasteiger partial charge >= 0.3 is 0 Å². The van der Waals surface area contributed by atoms with Gasteiger partial charge in [0, 0.05) is 6.42 Å². The minimum Gasteiger partial charge on any atom is -0.390 e. The van der Waals surface area contributed by atoms with E-state index in [1.807, 2.05) is 30.3 Å². The second kappa shape index (κ2) is 4.98. The van der Waals surface area contributed by atoms with Gasteiger partial charge in [0.15, 0.2) is 0 Å². The van der Waals surface area contributed by atoms with Gasteiger partial charge in [0.1, 0.15) is 0 Å². The van der Waals surface area contributed by atoms with Gasteiger partial charge in [-0.3, -0.25) is 0 Å². The lowest BCUT2D eigenvalue weighted by Crippen LogP contribution is -2.33. The first-order valence-corrected chi connectivity index (χ1v) is 6.15. The van der Waals surface area contributed by atoms with Crippen LogP contribution in [0.25, 0.3) is 0 Å². The molecule has 1 aromatic carbocycles. The third-order valence-electron chi connectivity index (χ3n) is 3.54. The first kappa shape index (κ1) is 11.6. The van der Waals surface area contributed by atoms with Crippen LogP contribution >= 0.6 is 0 Å². The Morgan fingerprint density at radius 1 is 1.06 bits per heavy atom. The smallest absolute Gasteiger partial charge is 0.0817 e. The molecule has 0 aliphatic heterocycles. The molecule has 1 saturated carbocycles. The fourth-order valence-electron chi connectivity index (χ4n) is 2.57. The fourth-order valence-corrected chi connectivity index (χ4v) is 2.57. The minimum absolute atomic E-state index is 0.469. The average molecular weight is 220 g/mol. The summed E-state index contributed by atoms with van der Waals surface area (Å²) in [4.78, 5) is 0. The summed E-state index contributed by atoms with van der Waals surface area (Å²) in [5.41, 5.74) is 0.259. The topological polar surface area (TPSA) is 40.5 Å². The average Bonchev–Trinajstić information content (AvgIpc) is 2.30. The normalized spacial score (nSPS) is 21.6. The summed E-state index contributed by atoms with van der Waals surface area (Å²) in [6.07, 6.45) is 4.97. The van der Waals surface area contributed by atoms with Crippen LogP contribution in [0.5, 0.6) is 0 Å². The van der Waals surface area contributed by atoms with E-state index in [0.717, 1.165) is 31.2 Å². The number of hydrogen-bond donors (Lipinski definition) is 2. The van der Waals surface area contributed by atoms with E-state index < -0.39 is 11.7 Å². The maximum Gasteiger partial charge on any atom is 0.0817 e. The van der Waals surface area contributed by atoms with Gasteiger partial charge in [-0.2, -0.15) is 0 Å². The number of aliphatic hydroxyl groups is 2. The summed E-state index contributed by atoms with van der Waals surface area (Å²) in [7, 11) is 0. The van der Waals surface area contributed by atoms with Gasteiger partial charge < -0.3 is 10.2 Å². The molecule has 1 aliphatic rings. The van der Waals surface area contributed by atoms with Gasteiger partial charge in [-0.25, -0.2) is 0 Å². The van der Waals surface area contributed by atoms with Crippen LogP contribution in [-0.4, -0.2) is 15.8 Å². The Morgan fingerprint density at radius 3 is 2.31 bits per heavy atom. The maximum absolute atomic E-state index is 10.3. The Balaban J connectivity index is 1.98. The van der Waals surface area contributed by atoms with Gasteiger partial charge in [0.25, 0.3) is 0 Å². The molecule has 1 atom stereocenters. The first-order chi connectivity index (χ1) is 7.70. The molecule has 2 rings (SSSR count). The summed E-state index contributed by atoms with van der Waals surface area (Å²) >= 11 is 0. The molecule has 0 bridgehead atoms. The van der Waals surface area contributed by atoms with E-state index in [-0.39, 0.29) is 0 Å². The molecule has 0 amide bonds. The van der Waals surface area contributed by atoms with E-state index in [4.69, 9.17) is 0 Å². The molecule has 2 heteroatoms. The van der Waals surface area contributed by atoms with E-state index >= 15 is 0 Å². The molecule has 1 aliphatic carbocycles. The summed E-state index contributed by atoms with van der Waals surface area (Å²) in [5.74, 6) is 0. The highest BCUT2D eigenvalue weighted by atomic mass is 16.3. The van der Waals surface area contributed by atoms with Gasteiger partial charge in [0.2, 0.25) is 0 Å². The zero-order chi connectivity index (χ0) is 11.4. The van der Waals surface area contributed by atoms with Crippen molar-refractivity contribution in [3.8, 4) is 0 Å². The third kappa shape index (κ3) is 2.83. The Bertz CT molecular complexity index is 315. The lowest BCUT2D eigenvalue weighted by atomic mass is 9.80. The van der Waals surface area contributed by atoms with E-state index in [2.05, 4.69) is 0 Å². The molecule has 0 heterocycles. The number of aliphatic hydroxyl groups excluding tert-OH is 1. The van der Waals surface area contributed by atoms with Crippen LogP contribution in [0.15, 0.2) is 30.3 Å². The van der Waals surface area contributed by atoms with Gasteiger partial charge in [0.05, 0.1) is 11.7 Å². The van der Waals surface area contributed by atoms with Crippen molar-refractivity contribution in [1.29, 1.82) is 0 Å². The Kier molecular flexibility index (Phi) is 3.62. The van der Waals surface area contributed by atoms with Crippen molar-refractivity contribution in [2.24, 2.45) is 0 Å². The van der Waals surface area contributed by atoms with Gasteiger partial charge in [-0.15, -0.1) is 0 Å². The molecule has 0 saturated heterocycles. The first-order valence-electron chi connectivity index (χ1n) is 6.15. The maximum atomic E-state index is 10.3. The van der Waals surface area contributed by atoms with Crippen molar-refractivity contribution in [2.75, 3.05) is 0 Å². The lowest BCUT2D eigenvalue weighted by Gasteiger charge is -2.33. The van der Waals surface area contributed by atoms with Crippen LogP contribution in [0.3, 0.4) is 0 Å². The van der Waals surface area contributed by atoms with Crippen molar-refractivity contribution < 1.29 is 10.2 Å². The van der Waals surface area contributed by atoms with Crippen LogP contribution in [0.4, 0.5) is 0 Å². The highest BCUT2D eigenvalue weighted by Gasteiger charge is 2.31. The fraction of sp³-hybridized carbons (Fsp3) is 0.571. The molecular weight excluding hydrogens is 200 g/mol. The summed E-state index contributed by atoms with van der Waals surface area (Å²) < 4.78 is 0. The van der Waals surface area contributed by atoms with Crippen molar-refractivity contribution in [2.45, 2.75) is 50.2 Å². The van der Waals surface area contributed by atoms with Crippen LogP contribution in [0.2, 0.25) is 0 Å². The minimum atomic E-state index is -0.645. The van der Waals surface area contributed by atoms with Crippen molar-refractivity contribution in [3.05, 3.63) is 35.9 Å². The van der Waals surface area contributed by atoms with Crippen LogP contribution in [-0.2, 0) is 0 Å². The molecular formula is C14H20O2. The predicted octanol–water partition coefficient (Wildman–Crippen LogP) is 2.81. The van der Waals surface area contributed by atoms with Crippen molar-refractivity contribution in [1.82, 2.24) is 0 Å². The summed E-state index contributed by atoms with van der Waals surface area (Å²) in [6, 6.07) is 9.60. The molecule has 1 aromatic rings. The van der Waals surface area contributed by atoms with E-state index in [9.17, 15) is 10.2 Å². The molecule has 0 radical (unpaired) electrons. The molecule has 16 heavy (non-hydrogen) atoms. The van der Waals surface area contributed by atoms with E-state index in [1.165, 1.54) is 6.42 Å². The Hall–Kier alpha value is -0.860. The second-order valence-corrected chi connectivity index (χ2v) is 4.92. The van der Waals surface area contributed by atoms with Crippen LogP contribution in [0, 0.1) is 0 Å². The zero-order valence-electron chi connectivity index (χ0n) is 9.60. The van der Waals surface area contributed by atoms with Crippen molar-refractivity contribution >= 4 is 0 Å². The number of benzene rings is 1. The second-order valence-electron chi connectivity index (χ2n) is 4.92. The third-order valence-corrected chi connectivity index (χ3v) is 3.54. The van der Waals surface area contributed by atoms with Crippen LogP contribution < -0.4 is 0 Å². The number of hydrogen-bond acceptors (Lipinski definition) is 2. The Labute approximate surface area is 96.9 Å². The number of rotatable bonds is 3. The zero-order valence-corrected chi connectivity index (χ0v) is 9.60. The molecule has 0 unspecified atom stereocenters. The summed E-state index contributed by atoms with van der Waals surface area (Å²) in [5, 5.41) is 20.4. The van der Waals surface area contributed by atoms with Crippen LogP contribution in [0.1, 0.15) is 50.2 Å². The molecule has 1 fully saturated rings. The Morgan fingerprint density at radius 2 is 1.69 bits per heavy atom. The van der Waals surface area contributed by atoms with E-state index in [1.54, 1.807) is 0 Å². The molecule has 0 aromatic heterocycles. The lowest BCUT2D eigenvalue weighted by molar-refractivity contribution is -0.0382. The van der Waals surface area contributed by atoms with E-state index in [0.29, 0.717) is 6.42 Å². The molecule has 88 valence electrons. The quantitative estimate of drug-likeness (QED) is 0.822. The monoisotopic (exact) mass is 220 g/mol. The van der Waals surface area contributed by atoms with Gasteiger partial charge in [-0.1, -0.05) is 49.6 Å². The molecule has 2 N–H and O–H groups in total. The largest absolute Gasteiger partial charge is 0.390 e. The van der Waals surface area contributed by atoms with Gasteiger partial charge in [-0.05, 0) is 18.4 Å². The molecule has 2 nitrogen and oxygen atoms in total. The predicted molar refractivity (Wildman–Crippen MR) is 64.1 cm³/mol. The SMILES string of the molecule is O[C@@H](CC1(O)CCCCC1)c1ccccc1. The highest BCUT2D eigenvalue weighted by Crippen LogP contribution is 2.35. The highest BCUT2D eigenvalue weighted by molar-refractivity contribution is 5.17. The molecule has 0 spiro atoms. The summed E-state index contributed by atoms with van der Waals surface area (Å²) in [6.45, 7) is 0. The van der Waals surface area contributed by atoms with Crippen molar-refractivity contribution in [3.63, 3.8) is 0 Å². The standard InChI is InChI=1S/C14H20O2/c15-13(12-7-3-1-4-8-12)11-14(16)9-5-2-6-10-14/h1,3-4,7-8,13,15-16H,2,5-6,9-11H2/t13-/m0/s1.